The third kappa shape index (κ3) is 1.85. The number of hydrogen-bond donors (Lipinski definition) is 0. The van der Waals surface area contributed by atoms with E-state index in [1.54, 1.807) is 0 Å². The molecule has 0 radical (unpaired) electrons. The summed E-state index contributed by atoms with van der Waals surface area (Å²) in [5.74, 6) is 0. The van der Waals surface area contributed by atoms with Crippen LogP contribution in [0.1, 0.15) is 24.6 Å². The number of nitriles is 1. The fraction of sp³-hybridized carbons (Fsp3) is 0.308. The molecule has 3 heteroatoms. The van der Waals surface area contributed by atoms with E-state index in [-0.39, 0.29) is 0 Å². The minimum absolute atomic E-state index is 0.753. The predicted molar refractivity (Wildman–Crippen MR) is 69.6 cm³/mol. The molecule has 1 aromatic carbocycles. The first-order valence-electron chi connectivity index (χ1n) is 5.38. The Balaban J connectivity index is 2.64. The second-order valence-corrected chi connectivity index (χ2v) is 4.38. The van der Waals surface area contributed by atoms with Crippen LogP contribution in [0, 0.1) is 11.3 Å². The Labute approximate surface area is 104 Å². The zero-order chi connectivity index (χ0) is 11.5. The Morgan fingerprint density at radius 2 is 2.19 bits per heavy atom. The summed E-state index contributed by atoms with van der Waals surface area (Å²) in [6.45, 7) is 3.03. The van der Waals surface area contributed by atoms with E-state index in [2.05, 4.69) is 51.7 Å². The minimum Gasteiger partial charge on any atom is -0.332 e. The first kappa shape index (κ1) is 11.2. The average Bonchev–Trinajstić information content (AvgIpc) is 2.67. The topological polar surface area (TPSA) is 28.7 Å². The van der Waals surface area contributed by atoms with Crippen molar-refractivity contribution < 1.29 is 0 Å². The number of benzene rings is 1. The van der Waals surface area contributed by atoms with Crippen LogP contribution in [-0.2, 0) is 11.9 Å². The molecule has 0 saturated carbocycles. The molecule has 0 saturated heterocycles. The standard InChI is InChI=1S/C13H13BrN2/c1-2-5-16-12(9-15)7-11-6-10(8-14)3-4-13(11)16/h3-4,6-7H,2,5,8H2,1H3. The number of nitrogens with zero attached hydrogens (tertiary/aromatic N) is 2. The normalized spacial score (nSPS) is 10.6. The molecule has 1 aromatic heterocycles. The van der Waals surface area contributed by atoms with Crippen LogP contribution in [0.15, 0.2) is 24.3 Å². The van der Waals surface area contributed by atoms with Crippen molar-refractivity contribution in [1.82, 2.24) is 4.57 Å². The van der Waals surface area contributed by atoms with Crippen LogP contribution in [0.25, 0.3) is 10.9 Å². The van der Waals surface area contributed by atoms with Crippen molar-refractivity contribution in [2.75, 3.05) is 0 Å². The van der Waals surface area contributed by atoms with E-state index in [1.807, 2.05) is 6.07 Å². The third-order valence-corrected chi connectivity index (χ3v) is 3.33. The molecular formula is C13H13BrN2. The molecule has 2 rings (SSSR count). The lowest BCUT2D eigenvalue weighted by Crippen LogP contribution is -1.98. The molecule has 0 atom stereocenters. The maximum atomic E-state index is 9.09. The molecule has 0 aliphatic rings. The first-order valence-corrected chi connectivity index (χ1v) is 6.50. The number of alkyl halides is 1. The van der Waals surface area contributed by atoms with Crippen molar-refractivity contribution >= 4 is 26.8 Å². The Bertz CT molecular complexity index is 549. The van der Waals surface area contributed by atoms with E-state index in [0.29, 0.717) is 0 Å². The van der Waals surface area contributed by atoms with E-state index >= 15 is 0 Å². The van der Waals surface area contributed by atoms with Crippen molar-refractivity contribution in [1.29, 1.82) is 5.26 Å². The largest absolute Gasteiger partial charge is 0.332 e. The van der Waals surface area contributed by atoms with Gasteiger partial charge in [-0.2, -0.15) is 5.26 Å². The van der Waals surface area contributed by atoms with Crippen molar-refractivity contribution in [2.45, 2.75) is 25.2 Å². The Morgan fingerprint density at radius 3 is 2.81 bits per heavy atom. The number of aryl methyl sites for hydroxylation is 1. The number of fused-ring (bicyclic) bond motifs is 1. The van der Waals surface area contributed by atoms with Crippen LogP contribution in [0.3, 0.4) is 0 Å². The predicted octanol–water partition coefficient (Wildman–Crippen LogP) is 3.82. The summed E-state index contributed by atoms with van der Waals surface area (Å²) in [6, 6.07) is 10.6. The molecular weight excluding hydrogens is 264 g/mol. The summed E-state index contributed by atoms with van der Waals surface area (Å²) < 4.78 is 2.09. The highest BCUT2D eigenvalue weighted by atomic mass is 79.9. The monoisotopic (exact) mass is 276 g/mol. The highest BCUT2D eigenvalue weighted by molar-refractivity contribution is 9.08. The summed E-state index contributed by atoms with van der Waals surface area (Å²) in [7, 11) is 0. The molecule has 0 bridgehead atoms. The smallest absolute Gasteiger partial charge is 0.121 e. The quantitative estimate of drug-likeness (QED) is 0.784. The van der Waals surface area contributed by atoms with Crippen LogP contribution in [-0.4, -0.2) is 4.57 Å². The van der Waals surface area contributed by atoms with E-state index in [9.17, 15) is 0 Å². The first-order chi connectivity index (χ1) is 7.80. The van der Waals surface area contributed by atoms with Crippen molar-refractivity contribution in [2.24, 2.45) is 0 Å². The maximum Gasteiger partial charge on any atom is 0.121 e. The van der Waals surface area contributed by atoms with E-state index < -0.39 is 0 Å². The second kappa shape index (κ2) is 4.71. The minimum atomic E-state index is 0.753. The van der Waals surface area contributed by atoms with E-state index in [4.69, 9.17) is 5.26 Å². The summed E-state index contributed by atoms with van der Waals surface area (Å²) in [6.07, 6.45) is 1.04. The van der Waals surface area contributed by atoms with Gasteiger partial charge in [-0.25, -0.2) is 0 Å². The lowest BCUT2D eigenvalue weighted by molar-refractivity contribution is 0.696. The molecule has 2 aromatic rings. The van der Waals surface area contributed by atoms with Gasteiger partial charge in [0.2, 0.25) is 0 Å². The number of hydrogen-bond acceptors (Lipinski definition) is 1. The molecule has 16 heavy (non-hydrogen) atoms. The highest BCUT2D eigenvalue weighted by Gasteiger charge is 2.07. The van der Waals surface area contributed by atoms with Gasteiger partial charge in [-0.05, 0) is 30.2 Å². The number of halogens is 1. The highest BCUT2D eigenvalue weighted by Crippen LogP contribution is 2.22. The number of rotatable bonds is 3. The number of aromatic nitrogens is 1. The van der Waals surface area contributed by atoms with Crippen molar-refractivity contribution in [3.63, 3.8) is 0 Å². The van der Waals surface area contributed by atoms with Gasteiger partial charge < -0.3 is 4.57 Å². The second-order valence-electron chi connectivity index (χ2n) is 3.82. The van der Waals surface area contributed by atoms with Gasteiger partial charge in [-0.15, -0.1) is 0 Å². The zero-order valence-corrected chi connectivity index (χ0v) is 10.8. The van der Waals surface area contributed by atoms with E-state index in [0.717, 1.165) is 34.9 Å². The fourth-order valence-electron chi connectivity index (χ4n) is 1.96. The average molecular weight is 277 g/mol. The van der Waals surface area contributed by atoms with Gasteiger partial charge in [0.1, 0.15) is 11.8 Å². The van der Waals surface area contributed by atoms with Gasteiger partial charge in [-0.3, -0.25) is 0 Å². The summed E-state index contributed by atoms with van der Waals surface area (Å²) >= 11 is 3.44. The summed E-state index contributed by atoms with van der Waals surface area (Å²) in [4.78, 5) is 0. The molecule has 1 heterocycles. The molecule has 2 nitrogen and oxygen atoms in total. The van der Waals surface area contributed by atoms with Crippen LogP contribution in [0.4, 0.5) is 0 Å². The van der Waals surface area contributed by atoms with E-state index in [1.165, 1.54) is 5.56 Å². The molecule has 0 spiro atoms. The van der Waals surface area contributed by atoms with Crippen molar-refractivity contribution in [3.8, 4) is 6.07 Å². The zero-order valence-electron chi connectivity index (χ0n) is 9.20. The Kier molecular flexibility index (Phi) is 3.31. The van der Waals surface area contributed by atoms with Gasteiger partial charge in [0, 0.05) is 22.8 Å². The molecule has 0 aliphatic heterocycles. The molecule has 0 unspecified atom stereocenters. The molecule has 82 valence electrons. The molecule has 0 aliphatic carbocycles. The summed E-state index contributed by atoms with van der Waals surface area (Å²) in [5.41, 5.74) is 3.15. The van der Waals surface area contributed by atoms with Gasteiger partial charge in [0.05, 0.1) is 0 Å². The van der Waals surface area contributed by atoms with Gasteiger partial charge in [-0.1, -0.05) is 28.9 Å². The van der Waals surface area contributed by atoms with Gasteiger partial charge >= 0.3 is 0 Å². The third-order valence-electron chi connectivity index (χ3n) is 2.68. The summed E-state index contributed by atoms with van der Waals surface area (Å²) in [5, 5.41) is 11.1. The molecule has 0 N–H and O–H groups in total. The maximum absolute atomic E-state index is 9.09. The van der Waals surface area contributed by atoms with Crippen LogP contribution in [0.2, 0.25) is 0 Å². The van der Waals surface area contributed by atoms with Crippen LogP contribution in [0.5, 0.6) is 0 Å². The van der Waals surface area contributed by atoms with Gasteiger partial charge in [0.15, 0.2) is 0 Å². The van der Waals surface area contributed by atoms with Gasteiger partial charge in [0.25, 0.3) is 0 Å². The lowest BCUT2D eigenvalue weighted by Gasteiger charge is -2.04. The lowest BCUT2D eigenvalue weighted by atomic mass is 10.2. The Hall–Kier alpha value is -1.27. The Morgan fingerprint density at radius 1 is 1.38 bits per heavy atom. The van der Waals surface area contributed by atoms with Crippen LogP contribution >= 0.6 is 15.9 Å². The van der Waals surface area contributed by atoms with Crippen LogP contribution < -0.4 is 0 Å². The SMILES string of the molecule is CCCn1c(C#N)cc2cc(CBr)ccc21. The molecule has 0 fully saturated rings. The fourth-order valence-corrected chi connectivity index (χ4v) is 2.31. The van der Waals surface area contributed by atoms with Crippen molar-refractivity contribution in [3.05, 3.63) is 35.5 Å². The molecule has 0 amide bonds.